The van der Waals surface area contributed by atoms with Gasteiger partial charge in [0.2, 0.25) is 0 Å². The lowest BCUT2D eigenvalue weighted by Gasteiger charge is -2.29. The number of aromatic nitrogens is 2. The molecule has 5 heteroatoms. The highest BCUT2D eigenvalue weighted by Crippen LogP contribution is 2.27. The molecule has 5 nitrogen and oxygen atoms in total. The zero-order valence-corrected chi connectivity index (χ0v) is 9.48. The van der Waals surface area contributed by atoms with Crippen LogP contribution in [0.3, 0.4) is 0 Å². The minimum absolute atomic E-state index is 0.00178. The highest BCUT2D eigenvalue weighted by Gasteiger charge is 2.26. The molecule has 0 amide bonds. The zero-order chi connectivity index (χ0) is 11.1. The highest BCUT2D eigenvalue weighted by molar-refractivity contribution is 5.63. The average Bonchev–Trinajstić information content (AvgIpc) is 2.86. The van der Waals surface area contributed by atoms with Crippen molar-refractivity contribution in [3.05, 3.63) is 10.4 Å². The molecule has 0 bridgehead atoms. The van der Waals surface area contributed by atoms with Crippen LogP contribution in [0.4, 0.5) is 11.5 Å². The van der Waals surface area contributed by atoms with E-state index in [4.69, 9.17) is 5.73 Å². The minimum atomic E-state index is -0.00178. The van der Waals surface area contributed by atoms with Crippen LogP contribution in [0.5, 0.6) is 0 Å². The van der Waals surface area contributed by atoms with Gasteiger partial charge in [-0.3, -0.25) is 9.48 Å². The van der Waals surface area contributed by atoms with Gasteiger partial charge in [-0.25, -0.2) is 4.68 Å². The predicted molar refractivity (Wildman–Crippen MR) is 63.8 cm³/mol. The van der Waals surface area contributed by atoms with E-state index in [0.717, 1.165) is 38.4 Å². The normalized spacial score (nSPS) is 20.1. The summed E-state index contributed by atoms with van der Waals surface area (Å²) < 4.78 is 3.86. The fourth-order valence-electron chi connectivity index (χ4n) is 2.86. The summed E-state index contributed by atoms with van der Waals surface area (Å²) in [7, 11) is 0. The lowest BCUT2D eigenvalue weighted by atomic mass is 10.1. The van der Waals surface area contributed by atoms with Gasteiger partial charge in [0.05, 0.1) is 0 Å². The highest BCUT2D eigenvalue weighted by atomic mass is 16.1. The molecule has 0 atom stereocenters. The van der Waals surface area contributed by atoms with E-state index in [9.17, 15) is 4.79 Å². The van der Waals surface area contributed by atoms with E-state index in [1.807, 2.05) is 0 Å². The Kier molecular flexibility index (Phi) is 2.19. The molecule has 1 fully saturated rings. The number of nitrogens with two attached hydrogens (primary N) is 1. The molecule has 2 N–H and O–H groups in total. The molecule has 0 aliphatic carbocycles. The summed E-state index contributed by atoms with van der Waals surface area (Å²) in [5.74, 6) is 0.974. The second kappa shape index (κ2) is 3.57. The molecule has 2 aliphatic rings. The lowest BCUT2D eigenvalue weighted by Crippen LogP contribution is -2.32. The van der Waals surface area contributed by atoms with Crippen LogP contribution in [0.25, 0.3) is 0 Å². The summed E-state index contributed by atoms with van der Waals surface area (Å²) >= 11 is 0. The van der Waals surface area contributed by atoms with Crippen molar-refractivity contribution >= 4 is 11.5 Å². The number of nitrogens with zero attached hydrogens (tertiary/aromatic N) is 3. The maximum absolute atomic E-state index is 11.9. The first-order chi connectivity index (χ1) is 7.79. The van der Waals surface area contributed by atoms with E-state index in [1.165, 1.54) is 19.3 Å². The Hall–Kier alpha value is -1.39. The number of hydrogen-bond acceptors (Lipinski definition) is 3. The van der Waals surface area contributed by atoms with E-state index < -0.39 is 0 Å². The van der Waals surface area contributed by atoms with Crippen molar-refractivity contribution in [3.8, 4) is 0 Å². The Morgan fingerprint density at radius 2 is 1.56 bits per heavy atom. The van der Waals surface area contributed by atoms with Gasteiger partial charge in [0, 0.05) is 26.2 Å². The van der Waals surface area contributed by atoms with Crippen molar-refractivity contribution in [1.82, 2.24) is 9.36 Å². The molecular weight excluding hydrogens is 204 g/mol. The monoisotopic (exact) mass is 222 g/mol. The number of fused-ring (bicyclic) bond motifs is 1. The maximum Gasteiger partial charge on any atom is 0.292 e. The van der Waals surface area contributed by atoms with Crippen molar-refractivity contribution in [3.63, 3.8) is 0 Å². The van der Waals surface area contributed by atoms with Gasteiger partial charge in [-0.15, -0.1) is 0 Å². The number of rotatable bonds is 1. The largest absolute Gasteiger partial charge is 0.391 e. The Balaban J connectivity index is 2.06. The van der Waals surface area contributed by atoms with Gasteiger partial charge in [-0.2, -0.15) is 0 Å². The zero-order valence-electron chi connectivity index (χ0n) is 9.48. The molecule has 0 aromatic carbocycles. The van der Waals surface area contributed by atoms with Gasteiger partial charge >= 0.3 is 0 Å². The maximum atomic E-state index is 11.9. The second-order valence-electron chi connectivity index (χ2n) is 4.69. The van der Waals surface area contributed by atoms with Crippen LogP contribution in [0.1, 0.15) is 25.7 Å². The standard InChI is InChI=1S/C11H18N4O/c12-9-10(13-5-2-1-3-6-13)14-7-4-8-15(14)11(9)16/h1-8,12H2. The smallest absolute Gasteiger partial charge is 0.292 e. The van der Waals surface area contributed by atoms with Crippen LogP contribution >= 0.6 is 0 Å². The molecule has 1 aromatic rings. The molecule has 88 valence electrons. The van der Waals surface area contributed by atoms with Crippen LogP contribution < -0.4 is 16.2 Å². The van der Waals surface area contributed by atoms with E-state index in [0.29, 0.717) is 5.69 Å². The summed E-state index contributed by atoms with van der Waals surface area (Å²) in [5, 5.41) is 0. The fraction of sp³-hybridized carbons (Fsp3) is 0.727. The minimum Gasteiger partial charge on any atom is -0.391 e. The fourth-order valence-corrected chi connectivity index (χ4v) is 2.86. The Labute approximate surface area is 94.4 Å². The third-order valence-corrected chi connectivity index (χ3v) is 3.64. The summed E-state index contributed by atoms with van der Waals surface area (Å²) in [6.45, 7) is 3.82. The number of anilines is 2. The molecule has 16 heavy (non-hydrogen) atoms. The first-order valence-corrected chi connectivity index (χ1v) is 6.13. The summed E-state index contributed by atoms with van der Waals surface area (Å²) in [4.78, 5) is 14.2. The van der Waals surface area contributed by atoms with Crippen LogP contribution in [-0.4, -0.2) is 22.5 Å². The van der Waals surface area contributed by atoms with Crippen molar-refractivity contribution in [2.24, 2.45) is 0 Å². The molecule has 1 aromatic heterocycles. The molecule has 0 saturated carbocycles. The Bertz CT molecular complexity index is 453. The molecule has 0 unspecified atom stereocenters. The summed E-state index contributed by atoms with van der Waals surface area (Å²) in [6, 6.07) is 0. The third-order valence-electron chi connectivity index (χ3n) is 3.64. The molecule has 0 radical (unpaired) electrons. The Morgan fingerprint density at radius 1 is 0.875 bits per heavy atom. The van der Waals surface area contributed by atoms with Crippen LogP contribution in [0.2, 0.25) is 0 Å². The van der Waals surface area contributed by atoms with E-state index in [-0.39, 0.29) is 5.56 Å². The van der Waals surface area contributed by atoms with Gasteiger partial charge in [-0.1, -0.05) is 0 Å². The number of nitrogen functional groups attached to an aromatic ring is 1. The molecule has 2 aliphatic heterocycles. The SMILES string of the molecule is Nc1c(N2CCCCC2)n2n(c1=O)CCC2. The molecule has 0 spiro atoms. The topological polar surface area (TPSA) is 56.2 Å². The van der Waals surface area contributed by atoms with E-state index in [2.05, 4.69) is 9.58 Å². The van der Waals surface area contributed by atoms with Crippen LogP contribution in [0, 0.1) is 0 Å². The van der Waals surface area contributed by atoms with Gasteiger partial charge in [0.15, 0.2) is 5.82 Å². The third kappa shape index (κ3) is 1.27. The first-order valence-electron chi connectivity index (χ1n) is 6.13. The van der Waals surface area contributed by atoms with Gasteiger partial charge < -0.3 is 10.6 Å². The number of piperidine rings is 1. The molecule has 1 saturated heterocycles. The van der Waals surface area contributed by atoms with Gasteiger partial charge in [-0.05, 0) is 25.7 Å². The van der Waals surface area contributed by atoms with Gasteiger partial charge in [0.1, 0.15) is 5.69 Å². The van der Waals surface area contributed by atoms with Crippen LogP contribution in [-0.2, 0) is 13.1 Å². The lowest BCUT2D eigenvalue weighted by molar-refractivity contribution is 0.538. The summed E-state index contributed by atoms with van der Waals surface area (Å²) in [6.07, 6.45) is 4.76. The molecule has 3 heterocycles. The van der Waals surface area contributed by atoms with Crippen molar-refractivity contribution in [2.45, 2.75) is 38.8 Å². The van der Waals surface area contributed by atoms with Gasteiger partial charge in [0.25, 0.3) is 5.56 Å². The van der Waals surface area contributed by atoms with Crippen molar-refractivity contribution in [2.75, 3.05) is 23.7 Å². The van der Waals surface area contributed by atoms with E-state index in [1.54, 1.807) is 4.68 Å². The predicted octanol–water partition coefficient (Wildman–Crippen LogP) is 0.626. The average molecular weight is 222 g/mol. The quantitative estimate of drug-likeness (QED) is 0.758. The van der Waals surface area contributed by atoms with Crippen molar-refractivity contribution in [1.29, 1.82) is 0 Å². The second-order valence-corrected chi connectivity index (χ2v) is 4.69. The molecular formula is C11H18N4O. The Morgan fingerprint density at radius 3 is 2.31 bits per heavy atom. The number of hydrogen-bond donors (Lipinski definition) is 1. The van der Waals surface area contributed by atoms with Crippen molar-refractivity contribution < 1.29 is 0 Å². The molecule has 3 rings (SSSR count). The first kappa shape index (κ1) is 9.81. The van der Waals surface area contributed by atoms with E-state index >= 15 is 0 Å². The van der Waals surface area contributed by atoms with Crippen LogP contribution in [0.15, 0.2) is 4.79 Å². The summed E-state index contributed by atoms with van der Waals surface area (Å²) in [5.41, 5.74) is 6.39.